The van der Waals surface area contributed by atoms with Crippen molar-refractivity contribution in [3.63, 3.8) is 0 Å². The summed E-state index contributed by atoms with van der Waals surface area (Å²) in [5.41, 5.74) is 4.36. The lowest BCUT2D eigenvalue weighted by Crippen LogP contribution is -2.31. The molecule has 2 rings (SSSR count). The average molecular weight is 491 g/mol. The monoisotopic (exact) mass is 490 g/mol. The van der Waals surface area contributed by atoms with Gasteiger partial charge in [0, 0.05) is 36.7 Å². The second kappa shape index (κ2) is 13.5. The van der Waals surface area contributed by atoms with Gasteiger partial charge >= 0.3 is 0 Å². The molecule has 7 heteroatoms. The van der Waals surface area contributed by atoms with Gasteiger partial charge in [0.2, 0.25) is 5.91 Å². The van der Waals surface area contributed by atoms with E-state index in [1.165, 1.54) is 6.08 Å². The number of aliphatic imine (C=N–C) groups is 1. The van der Waals surface area contributed by atoms with Crippen LogP contribution in [-0.4, -0.2) is 34.5 Å². The first-order valence-corrected chi connectivity index (χ1v) is 12.6. The highest BCUT2D eigenvalue weighted by Gasteiger charge is 2.20. The zero-order valence-electron chi connectivity index (χ0n) is 20.9. The minimum Gasteiger partial charge on any atom is -0.508 e. The summed E-state index contributed by atoms with van der Waals surface area (Å²) < 4.78 is 0. The number of terminal acetylenes is 1. The van der Waals surface area contributed by atoms with Crippen LogP contribution in [0, 0.1) is 19.4 Å². The third kappa shape index (κ3) is 8.72. The molecule has 3 unspecified atom stereocenters. The summed E-state index contributed by atoms with van der Waals surface area (Å²) in [6.07, 6.45) is 14.1. The summed E-state index contributed by atoms with van der Waals surface area (Å²) in [4.78, 5) is 18.8. The molecule has 1 amide bonds. The molecule has 1 aliphatic rings. The Balaban J connectivity index is 2.04. The Morgan fingerprint density at radius 2 is 2.17 bits per heavy atom. The van der Waals surface area contributed by atoms with Crippen molar-refractivity contribution in [2.75, 3.05) is 11.9 Å². The number of hydrogen-bond acceptors (Lipinski definition) is 5. The number of carbonyl (C=O) groups is 1. The number of anilines is 1. The van der Waals surface area contributed by atoms with Gasteiger partial charge in [-0.25, -0.2) is 0 Å². The summed E-state index contributed by atoms with van der Waals surface area (Å²) in [5, 5.41) is 17.0. The molecule has 0 spiro atoms. The van der Waals surface area contributed by atoms with Crippen LogP contribution in [0.3, 0.4) is 0 Å². The Morgan fingerprint density at radius 1 is 1.43 bits per heavy atom. The smallest absolute Gasteiger partial charge is 0.228 e. The van der Waals surface area contributed by atoms with E-state index in [0.29, 0.717) is 20.7 Å². The number of hydrogen-bond donors (Lipinski definition) is 3. The van der Waals surface area contributed by atoms with E-state index in [4.69, 9.17) is 6.42 Å². The molecule has 1 aromatic rings. The Bertz CT molecular complexity index is 1120. The number of allylic oxidation sites excluding steroid dienone is 4. The predicted octanol–water partition coefficient (Wildman–Crippen LogP) is 5.91. The Morgan fingerprint density at radius 3 is 2.80 bits per heavy atom. The van der Waals surface area contributed by atoms with Gasteiger partial charge in [-0.2, -0.15) is 0 Å². The molecular formula is C28H35N4O2P. The maximum atomic E-state index is 12.5. The van der Waals surface area contributed by atoms with E-state index in [-0.39, 0.29) is 29.9 Å². The highest BCUT2D eigenvalue weighted by molar-refractivity contribution is 7.45. The molecule has 0 fully saturated rings. The minimum absolute atomic E-state index is 0.0358. The number of rotatable bonds is 10. The van der Waals surface area contributed by atoms with Gasteiger partial charge in [-0.05, 0) is 74.0 Å². The summed E-state index contributed by atoms with van der Waals surface area (Å²) in [6.45, 7) is 16.6. The summed E-state index contributed by atoms with van der Waals surface area (Å²) in [6, 6.07) is 8.53. The number of nitrogens with one attached hydrogen (secondary N) is 2. The van der Waals surface area contributed by atoms with Crippen LogP contribution in [0.1, 0.15) is 44.4 Å². The van der Waals surface area contributed by atoms with Crippen molar-refractivity contribution in [1.82, 2.24) is 10.2 Å². The molecular weight excluding hydrogens is 455 g/mol. The van der Waals surface area contributed by atoms with Crippen LogP contribution < -0.4 is 10.6 Å². The molecule has 3 atom stereocenters. The first-order chi connectivity index (χ1) is 16.7. The van der Waals surface area contributed by atoms with Gasteiger partial charge in [0.15, 0.2) is 0 Å². The first-order valence-electron chi connectivity index (χ1n) is 11.5. The SMILES string of the molecule is C#CN(/C=C1/N=CC(NC(C)c2cc(NC(=O)CC(=C)/C=C\C(O)=C/C)ccc2C)PC1=C)CC. The summed E-state index contributed by atoms with van der Waals surface area (Å²) in [7, 11) is 0.446. The van der Waals surface area contributed by atoms with E-state index in [0.717, 1.165) is 27.8 Å². The molecule has 0 bridgehead atoms. The number of carbonyl (C=O) groups excluding carboxylic acids is 1. The summed E-state index contributed by atoms with van der Waals surface area (Å²) in [5.74, 6) is 0.0303. The summed E-state index contributed by atoms with van der Waals surface area (Å²) >= 11 is 0. The molecule has 0 saturated carbocycles. The molecule has 35 heavy (non-hydrogen) atoms. The zero-order chi connectivity index (χ0) is 26.0. The molecule has 6 nitrogen and oxygen atoms in total. The number of aliphatic hydroxyl groups is 1. The van der Waals surface area contributed by atoms with Crippen LogP contribution in [0.15, 0.2) is 83.1 Å². The first kappa shape index (κ1) is 27.9. The zero-order valence-corrected chi connectivity index (χ0v) is 21.9. The highest BCUT2D eigenvalue weighted by Crippen LogP contribution is 2.37. The molecule has 1 aromatic carbocycles. The Labute approximate surface area is 211 Å². The molecule has 3 N–H and O–H groups in total. The van der Waals surface area contributed by atoms with Crippen LogP contribution in [-0.2, 0) is 4.79 Å². The Hall–Kier alpha value is -3.39. The van der Waals surface area contributed by atoms with E-state index in [1.54, 1.807) is 24.0 Å². The van der Waals surface area contributed by atoms with Gasteiger partial charge in [-0.15, -0.1) is 0 Å². The molecule has 0 saturated heterocycles. The number of benzene rings is 1. The van der Waals surface area contributed by atoms with Crippen LogP contribution in [0.5, 0.6) is 0 Å². The van der Waals surface area contributed by atoms with E-state index >= 15 is 0 Å². The van der Waals surface area contributed by atoms with Crippen LogP contribution in [0.4, 0.5) is 5.69 Å². The number of amides is 1. The van der Waals surface area contributed by atoms with Crippen LogP contribution in [0.25, 0.3) is 0 Å². The van der Waals surface area contributed by atoms with Gasteiger partial charge < -0.3 is 15.3 Å². The fourth-order valence-corrected chi connectivity index (χ4v) is 4.54. The van der Waals surface area contributed by atoms with Gasteiger partial charge in [0.1, 0.15) is 5.76 Å². The number of nitrogens with zero attached hydrogens (tertiary/aromatic N) is 2. The highest BCUT2D eigenvalue weighted by atomic mass is 31.1. The van der Waals surface area contributed by atoms with Crippen LogP contribution in [0.2, 0.25) is 0 Å². The average Bonchev–Trinajstić information content (AvgIpc) is 2.83. The molecule has 1 aliphatic heterocycles. The van der Waals surface area contributed by atoms with Gasteiger partial charge in [0.05, 0.1) is 17.9 Å². The van der Waals surface area contributed by atoms with Crippen molar-refractivity contribution in [2.45, 2.75) is 45.9 Å². The van der Waals surface area contributed by atoms with Crippen molar-refractivity contribution in [3.05, 3.63) is 89.3 Å². The second-order valence-electron chi connectivity index (χ2n) is 8.20. The molecule has 0 aliphatic carbocycles. The van der Waals surface area contributed by atoms with E-state index in [2.05, 4.69) is 48.7 Å². The standard InChI is InChI=1S/C28H35N4O2P/c1-8-24(33)14-11-19(4)15-27(34)31-23-13-12-20(5)25(16-23)21(6)30-28-17-29-26(22(7)35-28)18-32(9-2)10-3/h2,8,11-14,16-18,21,28,30,33,35H,4,7,10,15H2,1,3,5-6H3,(H,31,34)/b14-11-,24-8+,26-18+. The molecule has 0 aromatic heterocycles. The third-order valence-corrected chi connectivity index (χ3v) is 6.65. The fourth-order valence-electron chi connectivity index (χ4n) is 3.41. The quantitative estimate of drug-likeness (QED) is 0.125. The maximum Gasteiger partial charge on any atom is 0.228 e. The Kier molecular flexibility index (Phi) is 10.7. The lowest BCUT2D eigenvalue weighted by molar-refractivity contribution is -0.115. The van der Waals surface area contributed by atoms with Gasteiger partial charge in [-0.1, -0.05) is 40.3 Å². The van der Waals surface area contributed by atoms with Gasteiger partial charge in [0.25, 0.3) is 0 Å². The van der Waals surface area contributed by atoms with Crippen molar-refractivity contribution in [1.29, 1.82) is 0 Å². The molecule has 0 radical (unpaired) electrons. The lowest BCUT2D eigenvalue weighted by Gasteiger charge is -2.26. The van der Waals surface area contributed by atoms with Crippen LogP contribution >= 0.6 is 8.58 Å². The fraction of sp³-hybridized carbons (Fsp3) is 0.286. The molecule has 184 valence electrons. The number of aryl methyl sites for hydroxylation is 1. The maximum absolute atomic E-state index is 12.5. The van der Waals surface area contributed by atoms with E-state index in [9.17, 15) is 9.90 Å². The largest absolute Gasteiger partial charge is 0.508 e. The lowest BCUT2D eigenvalue weighted by atomic mass is 10.0. The van der Waals surface area contributed by atoms with Crippen molar-refractivity contribution < 1.29 is 9.90 Å². The minimum atomic E-state index is -0.167. The van der Waals surface area contributed by atoms with Crippen molar-refractivity contribution >= 4 is 26.4 Å². The van der Waals surface area contributed by atoms with Crippen molar-refractivity contribution in [2.24, 2.45) is 4.99 Å². The topological polar surface area (TPSA) is 77.0 Å². The van der Waals surface area contributed by atoms with Crippen molar-refractivity contribution in [3.8, 4) is 12.5 Å². The second-order valence-corrected chi connectivity index (χ2v) is 9.71. The van der Waals surface area contributed by atoms with E-state index < -0.39 is 0 Å². The normalized spacial score (nSPS) is 18.6. The predicted molar refractivity (Wildman–Crippen MR) is 150 cm³/mol. The van der Waals surface area contributed by atoms with Gasteiger partial charge in [-0.3, -0.25) is 15.1 Å². The molecule has 1 heterocycles. The number of aliphatic hydroxyl groups excluding tert-OH is 1. The third-order valence-electron chi connectivity index (χ3n) is 5.42. The van der Waals surface area contributed by atoms with E-state index in [1.807, 2.05) is 37.5 Å².